The fourth-order valence-corrected chi connectivity index (χ4v) is 4.08. The van der Waals surface area contributed by atoms with Crippen LogP contribution in [0.25, 0.3) is 0 Å². The summed E-state index contributed by atoms with van der Waals surface area (Å²) in [6.07, 6.45) is -8.01. The van der Waals surface area contributed by atoms with Crippen LogP contribution >= 0.6 is 11.6 Å². The predicted molar refractivity (Wildman–Crippen MR) is 138 cm³/mol. The van der Waals surface area contributed by atoms with E-state index < -0.39 is 84.0 Å². The van der Waals surface area contributed by atoms with Gasteiger partial charge in [-0.2, -0.15) is 0 Å². The molecule has 1 N–H and O–H groups in total. The summed E-state index contributed by atoms with van der Waals surface area (Å²) >= 11 is 5.88. The number of carbonyl (C=O) groups is 1. The molecule has 34 heavy (non-hydrogen) atoms. The summed E-state index contributed by atoms with van der Waals surface area (Å²) in [5.74, 6) is -0.463. The van der Waals surface area contributed by atoms with E-state index >= 15 is 0 Å². The van der Waals surface area contributed by atoms with Crippen molar-refractivity contribution in [2.75, 3.05) is 33.6 Å². The fourth-order valence-electron chi connectivity index (χ4n) is 3.99. The lowest BCUT2D eigenvalue weighted by atomic mass is 9.70. The van der Waals surface area contributed by atoms with Gasteiger partial charge in [-0.1, -0.05) is 84.3 Å². The molecule has 5 heteroatoms. The van der Waals surface area contributed by atoms with Crippen LogP contribution in [-0.4, -0.2) is 54.4 Å². The summed E-state index contributed by atoms with van der Waals surface area (Å²) in [4.78, 5) is 15.7. The van der Waals surface area contributed by atoms with E-state index in [1.165, 1.54) is 19.0 Å². The van der Waals surface area contributed by atoms with Crippen LogP contribution in [0.3, 0.4) is 0 Å². The van der Waals surface area contributed by atoms with Crippen LogP contribution in [0.15, 0.2) is 84.8 Å². The van der Waals surface area contributed by atoms with Gasteiger partial charge in [-0.3, -0.25) is 4.79 Å². The van der Waals surface area contributed by atoms with Crippen molar-refractivity contribution in [2.24, 2.45) is 0 Å². The quantitative estimate of drug-likeness (QED) is 0.504. The third-order valence-electron chi connectivity index (χ3n) is 5.71. The predicted octanol–water partition coefficient (Wildman–Crippen LogP) is 5.09. The summed E-state index contributed by atoms with van der Waals surface area (Å²) in [6.45, 7) is -7.89. The second-order valence-electron chi connectivity index (χ2n) is 8.11. The largest absolute Gasteiger partial charge is 0.385 e. The second-order valence-corrected chi connectivity index (χ2v) is 8.49. The van der Waals surface area contributed by atoms with E-state index in [2.05, 4.69) is 0 Å². The normalized spacial score (nSPS) is 27.3. The number of benzene rings is 3. The number of halogens is 1. The SMILES string of the molecule is [2H]c1c([2H])c(C2(O)C([2H])([2H])C([2H])([2H])N(CCC(C(=O)N(C)C)(c3ccccc3)c3ccccc3)C([2H])([2H])C2([2H])[2H])c([2H])c([2H])c1Cl. The zero-order chi connectivity index (χ0) is 34.8. The highest BCUT2D eigenvalue weighted by molar-refractivity contribution is 6.30. The number of nitrogens with zero attached hydrogens (tertiary/aromatic N) is 2. The van der Waals surface area contributed by atoms with Crippen LogP contribution in [0, 0.1) is 0 Å². The summed E-state index contributed by atoms with van der Waals surface area (Å²) < 4.78 is 104. The molecule has 0 radical (unpaired) electrons. The molecule has 0 aromatic heterocycles. The first-order chi connectivity index (χ1) is 21.1. The third kappa shape index (κ3) is 4.90. The average molecular weight is 489 g/mol. The summed E-state index contributed by atoms with van der Waals surface area (Å²) in [5.41, 5.74) is -5.84. The molecule has 4 nitrogen and oxygen atoms in total. The van der Waals surface area contributed by atoms with Crippen LogP contribution in [-0.2, 0) is 15.8 Å². The van der Waals surface area contributed by atoms with Crippen molar-refractivity contribution in [2.45, 2.75) is 30.2 Å². The van der Waals surface area contributed by atoms with Gasteiger partial charge in [-0.05, 0) is 54.5 Å². The van der Waals surface area contributed by atoms with Crippen LogP contribution in [0.4, 0.5) is 0 Å². The fraction of sp³-hybridized carbons (Fsp3) is 0.345. The Kier molecular flexibility index (Phi) is 4.07. The van der Waals surface area contributed by atoms with Gasteiger partial charge in [-0.15, -0.1) is 0 Å². The van der Waals surface area contributed by atoms with Gasteiger partial charge in [0.2, 0.25) is 5.91 Å². The standard InChI is InChI=1S/C29H33ClN2O2/c1-31(2)27(33)29(24-9-5-3-6-10-24,25-11-7-4-8-12-25)19-22-32-20-17-28(34,18-21-32)23-13-15-26(30)16-14-23/h3-16,34H,17-22H2,1-2H3/i13D,14D,15D,16D,17D2,18D2,20D2,21D2. The van der Waals surface area contributed by atoms with Gasteiger partial charge in [0.25, 0.3) is 0 Å². The minimum Gasteiger partial charge on any atom is -0.385 e. The molecule has 1 fully saturated rings. The Balaban J connectivity index is 1.97. The minimum atomic E-state index is -3.91. The third-order valence-corrected chi connectivity index (χ3v) is 5.90. The van der Waals surface area contributed by atoms with Gasteiger partial charge < -0.3 is 14.9 Å². The number of hydrogen-bond acceptors (Lipinski definition) is 3. The molecule has 3 aromatic carbocycles. The molecule has 1 heterocycles. The average Bonchev–Trinajstić information content (AvgIpc) is 3.00. The van der Waals surface area contributed by atoms with E-state index in [0.717, 1.165) is 0 Å². The molecule has 1 aliphatic heterocycles. The van der Waals surface area contributed by atoms with E-state index in [-0.39, 0.29) is 11.3 Å². The number of likely N-dealkylation sites (tertiary alicyclic amines) is 1. The number of amides is 1. The molecule has 0 bridgehead atoms. The summed E-state index contributed by atoms with van der Waals surface area (Å²) in [6, 6.07) is 12.7. The molecule has 178 valence electrons. The van der Waals surface area contributed by atoms with E-state index in [1.54, 1.807) is 60.7 Å². The lowest BCUT2D eigenvalue weighted by Crippen LogP contribution is -2.48. The maximum absolute atomic E-state index is 14.1. The van der Waals surface area contributed by atoms with Gasteiger partial charge in [0, 0.05) is 43.1 Å². The van der Waals surface area contributed by atoms with Crippen molar-refractivity contribution >= 4 is 17.5 Å². The lowest BCUT2D eigenvalue weighted by Gasteiger charge is -2.41. The molecule has 0 unspecified atom stereocenters. The van der Waals surface area contributed by atoms with Crippen molar-refractivity contribution in [1.82, 2.24) is 9.80 Å². The topological polar surface area (TPSA) is 43.8 Å². The number of aliphatic hydroxyl groups is 1. The Bertz CT molecular complexity index is 1540. The van der Waals surface area contributed by atoms with Gasteiger partial charge in [0.15, 0.2) is 0 Å². The Hall–Kier alpha value is -2.66. The molecule has 0 saturated carbocycles. The van der Waals surface area contributed by atoms with Crippen molar-refractivity contribution in [3.63, 3.8) is 0 Å². The van der Waals surface area contributed by atoms with Crippen LogP contribution in [0.5, 0.6) is 0 Å². The molecular formula is C29H33ClN2O2. The molecule has 4 rings (SSSR count). The zero-order valence-electron chi connectivity index (χ0n) is 30.8. The highest BCUT2D eigenvalue weighted by Crippen LogP contribution is 2.39. The van der Waals surface area contributed by atoms with Crippen LogP contribution < -0.4 is 0 Å². The van der Waals surface area contributed by atoms with E-state index in [4.69, 9.17) is 28.1 Å². The summed E-state index contributed by atoms with van der Waals surface area (Å²) in [7, 11) is 3.04. The molecule has 1 aliphatic rings. The smallest absolute Gasteiger partial charge is 0.237 e. The molecule has 0 atom stereocenters. The highest BCUT2D eigenvalue weighted by atomic mass is 35.5. The van der Waals surface area contributed by atoms with E-state index in [9.17, 15) is 9.90 Å². The van der Waals surface area contributed by atoms with Crippen molar-refractivity contribution in [3.8, 4) is 0 Å². The maximum Gasteiger partial charge on any atom is 0.237 e. The Morgan fingerprint density at radius 1 is 1.03 bits per heavy atom. The van der Waals surface area contributed by atoms with Crippen molar-refractivity contribution < 1.29 is 26.4 Å². The number of carbonyl (C=O) groups excluding carboxylic acids is 1. The maximum atomic E-state index is 14.1. The van der Waals surface area contributed by atoms with Gasteiger partial charge in [0.05, 0.1) is 11.1 Å². The Morgan fingerprint density at radius 3 is 2.00 bits per heavy atom. The first-order valence-corrected chi connectivity index (χ1v) is 11.1. The molecule has 0 aliphatic carbocycles. The van der Waals surface area contributed by atoms with Crippen LogP contribution in [0.1, 0.15) is 52.3 Å². The minimum absolute atomic E-state index is 0.282. The monoisotopic (exact) mass is 488 g/mol. The van der Waals surface area contributed by atoms with E-state index in [1.807, 2.05) is 0 Å². The lowest BCUT2D eigenvalue weighted by molar-refractivity contribution is -0.133. The van der Waals surface area contributed by atoms with Gasteiger partial charge in [0.1, 0.15) is 5.41 Å². The zero-order valence-corrected chi connectivity index (χ0v) is 19.6. The summed E-state index contributed by atoms with van der Waals surface area (Å²) in [5, 5.41) is 11.3. The molecule has 1 saturated heterocycles. The Morgan fingerprint density at radius 2 is 1.53 bits per heavy atom. The van der Waals surface area contributed by atoms with Crippen molar-refractivity contribution in [1.29, 1.82) is 0 Å². The van der Waals surface area contributed by atoms with Gasteiger partial charge in [-0.25, -0.2) is 0 Å². The number of rotatable bonds is 7. The highest BCUT2D eigenvalue weighted by Gasteiger charge is 2.43. The molecule has 1 amide bonds. The first kappa shape index (κ1) is 13.4. The van der Waals surface area contributed by atoms with Crippen molar-refractivity contribution in [3.05, 3.63) is 107 Å². The number of piperidine rings is 1. The first-order valence-electron chi connectivity index (χ1n) is 16.7. The van der Waals surface area contributed by atoms with E-state index in [0.29, 0.717) is 11.1 Å². The Labute approximate surface area is 224 Å². The van der Waals surface area contributed by atoms with Gasteiger partial charge >= 0.3 is 0 Å². The molecule has 3 aromatic rings. The second kappa shape index (κ2) is 10.3. The molecule has 0 spiro atoms. The molecular weight excluding hydrogens is 444 g/mol. The number of likely N-dealkylation sites (N-methyl/N-ethyl adjacent to an activating group) is 1. The van der Waals surface area contributed by atoms with Crippen LogP contribution in [0.2, 0.25) is 5.02 Å². The number of hydrogen-bond donors (Lipinski definition) is 1.